The third kappa shape index (κ3) is 3.71. The number of aromatic nitrogens is 2. The summed E-state index contributed by atoms with van der Waals surface area (Å²) in [5.41, 5.74) is 3.03. The molecule has 8 heteroatoms. The van der Waals surface area contributed by atoms with E-state index in [4.69, 9.17) is 15.0 Å². The van der Waals surface area contributed by atoms with Crippen LogP contribution in [0.5, 0.6) is 5.75 Å². The van der Waals surface area contributed by atoms with Gasteiger partial charge >= 0.3 is 0 Å². The number of carbonyl (C=O) groups is 2. The Morgan fingerprint density at radius 2 is 2.00 bits per heavy atom. The van der Waals surface area contributed by atoms with Gasteiger partial charge in [0.1, 0.15) is 18.4 Å². The Hall–Kier alpha value is -3.47. The lowest BCUT2D eigenvalue weighted by Crippen LogP contribution is -2.49. The number of nitriles is 1. The Labute approximate surface area is 193 Å². The van der Waals surface area contributed by atoms with Crippen molar-refractivity contribution in [2.24, 2.45) is 5.92 Å². The van der Waals surface area contributed by atoms with E-state index in [1.807, 2.05) is 6.92 Å². The molecule has 8 nitrogen and oxygen atoms in total. The molecule has 170 valence electrons. The maximum absolute atomic E-state index is 13.1. The summed E-state index contributed by atoms with van der Waals surface area (Å²) in [6, 6.07) is 6.07. The average molecular weight is 446 g/mol. The van der Waals surface area contributed by atoms with Crippen LogP contribution in [0, 0.1) is 24.2 Å². The van der Waals surface area contributed by atoms with Crippen LogP contribution < -0.4 is 15.0 Å². The van der Waals surface area contributed by atoms with Crippen molar-refractivity contribution in [3.05, 3.63) is 47.0 Å². The Balaban J connectivity index is 1.37. The zero-order valence-electron chi connectivity index (χ0n) is 18.9. The predicted molar refractivity (Wildman–Crippen MR) is 121 cm³/mol. The molecule has 0 spiro atoms. The zero-order chi connectivity index (χ0) is 23.2. The predicted octanol–water partition coefficient (Wildman–Crippen LogP) is 3.03. The molecule has 1 N–H and O–H groups in total. The van der Waals surface area contributed by atoms with E-state index in [1.54, 1.807) is 31.4 Å². The van der Waals surface area contributed by atoms with E-state index in [2.05, 4.69) is 16.4 Å². The van der Waals surface area contributed by atoms with E-state index >= 15 is 0 Å². The molecular formula is C25H27N5O3. The van der Waals surface area contributed by atoms with Crippen molar-refractivity contribution in [2.45, 2.75) is 56.9 Å². The van der Waals surface area contributed by atoms with Crippen LogP contribution in [-0.4, -0.2) is 41.5 Å². The Bertz CT molecular complexity index is 1150. The molecule has 0 saturated heterocycles. The number of aryl methyl sites for hydroxylation is 1. The van der Waals surface area contributed by atoms with Crippen molar-refractivity contribution in [2.75, 3.05) is 18.6 Å². The number of rotatable bonds is 3. The zero-order valence-corrected chi connectivity index (χ0v) is 18.9. The van der Waals surface area contributed by atoms with Gasteiger partial charge in [-0.1, -0.05) is 0 Å². The summed E-state index contributed by atoms with van der Waals surface area (Å²) in [6.45, 7) is 1.97. The summed E-state index contributed by atoms with van der Waals surface area (Å²) < 4.78 is 5.79. The third-order valence-corrected chi connectivity index (χ3v) is 7.56. The van der Waals surface area contributed by atoms with Gasteiger partial charge < -0.3 is 15.0 Å². The highest BCUT2D eigenvalue weighted by molar-refractivity contribution is 6.02. The summed E-state index contributed by atoms with van der Waals surface area (Å²) in [5, 5.41) is 11.9. The first-order chi connectivity index (χ1) is 15.9. The third-order valence-electron chi connectivity index (χ3n) is 7.56. The van der Waals surface area contributed by atoms with Crippen LogP contribution in [0.1, 0.15) is 66.0 Å². The van der Waals surface area contributed by atoms with Crippen LogP contribution in [0.25, 0.3) is 0 Å². The van der Waals surface area contributed by atoms with Gasteiger partial charge in [-0.2, -0.15) is 5.26 Å². The maximum atomic E-state index is 13.1. The van der Waals surface area contributed by atoms with Crippen LogP contribution in [0.2, 0.25) is 0 Å². The van der Waals surface area contributed by atoms with Gasteiger partial charge in [-0.25, -0.2) is 9.97 Å². The normalized spacial score (nSPS) is 26.1. The van der Waals surface area contributed by atoms with Gasteiger partial charge in [-0.15, -0.1) is 0 Å². The van der Waals surface area contributed by atoms with Gasteiger partial charge in [-0.3, -0.25) is 9.59 Å². The average Bonchev–Trinajstić information content (AvgIpc) is 2.97. The maximum Gasteiger partial charge on any atom is 0.289 e. The van der Waals surface area contributed by atoms with Crippen molar-refractivity contribution in [1.29, 1.82) is 5.26 Å². The smallest absolute Gasteiger partial charge is 0.289 e. The van der Waals surface area contributed by atoms with Crippen LogP contribution in [0.3, 0.4) is 0 Å². The second-order valence-corrected chi connectivity index (χ2v) is 9.52. The molecule has 1 aliphatic heterocycles. The number of benzene rings is 1. The van der Waals surface area contributed by atoms with E-state index in [9.17, 15) is 9.59 Å². The van der Waals surface area contributed by atoms with Crippen molar-refractivity contribution in [1.82, 2.24) is 15.3 Å². The number of amides is 2. The summed E-state index contributed by atoms with van der Waals surface area (Å²) in [6.07, 6.45) is 8.72. The molecular weight excluding hydrogens is 418 g/mol. The minimum atomic E-state index is -0.892. The van der Waals surface area contributed by atoms with Crippen molar-refractivity contribution < 1.29 is 14.3 Å². The molecule has 2 amide bonds. The number of hydrogen-bond donors (Lipinski definition) is 1. The van der Waals surface area contributed by atoms with Gasteiger partial charge in [0.2, 0.25) is 5.82 Å². The molecule has 1 aromatic carbocycles. The molecule has 2 aromatic rings. The first-order valence-corrected chi connectivity index (χ1v) is 11.5. The van der Waals surface area contributed by atoms with Crippen LogP contribution in [-0.2, 0) is 10.2 Å². The summed E-state index contributed by atoms with van der Waals surface area (Å²) in [4.78, 5) is 36.6. The molecule has 1 aromatic heterocycles. The van der Waals surface area contributed by atoms with E-state index in [0.29, 0.717) is 17.0 Å². The molecule has 3 fully saturated rings. The lowest BCUT2D eigenvalue weighted by Gasteiger charge is -2.46. The topological polar surface area (TPSA) is 108 Å². The fourth-order valence-corrected chi connectivity index (χ4v) is 5.59. The molecule has 6 rings (SSSR count). The Morgan fingerprint density at radius 1 is 1.27 bits per heavy atom. The number of anilines is 1. The lowest BCUT2D eigenvalue weighted by atomic mass is 9.59. The van der Waals surface area contributed by atoms with Crippen LogP contribution >= 0.6 is 0 Å². The summed E-state index contributed by atoms with van der Waals surface area (Å²) in [5.74, 6) is 0.562. The Morgan fingerprint density at radius 3 is 2.70 bits per heavy atom. The van der Waals surface area contributed by atoms with Crippen molar-refractivity contribution in [3.63, 3.8) is 0 Å². The molecule has 33 heavy (non-hydrogen) atoms. The highest BCUT2D eigenvalue weighted by Crippen LogP contribution is 2.51. The van der Waals surface area contributed by atoms with Gasteiger partial charge in [0, 0.05) is 24.7 Å². The van der Waals surface area contributed by atoms with E-state index in [1.165, 1.54) is 24.2 Å². The second-order valence-electron chi connectivity index (χ2n) is 9.52. The van der Waals surface area contributed by atoms with Gasteiger partial charge in [0.15, 0.2) is 0 Å². The SMILES string of the molecule is Cc1cnc(C(=O)N[C@H]2COc3cc(C#N)ccc3N(C)C2=O)nc1C12CCC(CC1)CC2. The standard InChI is InChI=1S/C25H27N5O3/c1-15-13-27-22(29-21(15)25-8-5-16(6-9-25)7-10-25)23(31)28-18-14-33-20-11-17(12-26)3-4-19(20)30(2)24(18)32/h3-4,11,13,16,18H,5-10,14H2,1-2H3,(H,28,31)/t16?,18-,25?/m0/s1. The summed E-state index contributed by atoms with van der Waals surface area (Å²) in [7, 11) is 1.63. The molecule has 1 atom stereocenters. The molecule has 2 heterocycles. The van der Waals surface area contributed by atoms with Gasteiger partial charge in [0.05, 0.1) is 23.0 Å². The number of carbonyl (C=O) groups excluding carboxylic acids is 2. The monoisotopic (exact) mass is 445 g/mol. The molecule has 3 aliphatic carbocycles. The number of nitrogens with zero attached hydrogens (tertiary/aromatic N) is 4. The van der Waals surface area contributed by atoms with E-state index < -0.39 is 11.9 Å². The highest BCUT2D eigenvalue weighted by atomic mass is 16.5. The quantitative estimate of drug-likeness (QED) is 0.778. The molecule has 2 bridgehead atoms. The van der Waals surface area contributed by atoms with Gasteiger partial charge in [-0.05, 0) is 69.1 Å². The first kappa shape index (κ1) is 21.4. The number of nitrogens with one attached hydrogen (secondary N) is 1. The number of fused-ring (bicyclic) bond motifs is 4. The minimum Gasteiger partial charge on any atom is -0.489 e. The van der Waals surface area contributed by atoms with E-state index in [-0.39, 0.29) is 23.8 Å². The fraction of sp³-hybridized carbons (Fsp3) is 0.480. The minimum absolute atomic E-state index is 0.0400. The molecule has 0 radical (unpaired) electrons. The highest BCUT2D eigenvalue weighted by Gasteiger charge is 2.43. The van der Waals surface area contributed by atoms with Crippen LogP contribution in [0.15, 0.2) is 24.4 Å². The number of ether oxygens (including phenoxy) is 1. The second kappa shape index (κ2) is 8.14. The fourth-order valence-electron chi connectivity index (χ4n) is 5.59. The number of hydrogen-bond acceptors (Lipinski definition) is 6. The molecule has 0 unspecified atom stereocenters. The van der Waals surface area contributed by atoms with Gasteiger partial charge in [0.25, 0.3) is 11.8 Å². The van der Waals surface area contributed by atoms with Crippen LogP contribution in [0.4, 0.5) is 5.69 Å². The lowest BCUT2D eigenvalue weighted by molar-refractivity contribution is -0.120. The summed E-state index contributed by atoms with van der Waals surface area (Å²) >= 11 is 0. The molecule has 4 aliphatic rings. The Kier molecular flexibility index (Phi) is 5.28. The van der Waals surface area contributed by atoms with E-state index in [0.717, 1.165) is 36.4 Å². The number of likely N-dealkylation sites (N-methyl/N-ethyl adjacent to an activating group) is 1. The van der Waals surface area contributed by atoms with Crippen molar-refractivity contribution in [3.8, 4) is 11.8 Å². The molecule has 3 saturated carbocycles. The van der Waals surface area contributed by atoms with Crippen molar-refractivity contribution >= 4 is 17.5 Å². The first-order valence-electron chi connectivity index (χ1n) is 11.5. The largest absolute Gasteiger partial charge is 0.489 e.